The molecule has 1 rings (SSSR count). The van der Waals surface area contributed by atoms with Gasteiger partial charge in [-0.3, -0.25) is 14.6 Å². The topological polar surface area (TPSA) is 108 Å². The zero-order valence-electron chi connectivity index (χ0n) is 12.5. The van der Waals surface area contributed by atoms with E-state index in [4.69, 9.17) is 5.11 Å². The maximum absolute atomic E-state index is 11.8. The average molecular weight is 297 g/mol. The molecule has 0 saturated carbocycles. The highest BCUT2D eigenvalue weighted by Gasteiger charge is 2.26. The molecule has 0 fully saturated rings. The summed E-state index contributed by atoms with van der Waals surface area (Å²) in [5.41, 5.74) is 0. The molecule has 1 heterocycles. The number of aliphatic imine (C=N–C) groups is 1. The molecule has 0 aromatic rings. The highest BCUT2D eigenvalue weighted by atomic mass is 16.4. The van der Waals surface area contributed by atoms with Crippen molar-refractivity contribution in [3.8, 4) is 0 Å². The van der Waals surface area contributed by atoms with Crippen LogP contribution in [0.15, 0.2) is 4.99 Å². The predicted molar refractivity (Wildman–Crippen MR) is 78.2 cm³/mol. The van der Waals surface area contributed by atoms with Crippen LogP contribution in [0.1, 0.15) is 39.5 Å². The Kier molecular flexibility index (Phi) is 6.84. The number of amides is 2. The Hall–Kier alpha value is -1.92. The maximum atomic E-state index is 11.8. The monoisotopic (exact) mass is 297 g/mol. The standard InChI is InChI=1S/C14H23N3O4/c1-9-6-8-15-12(9)13(19)16-7-4-3-5-11(14(20)21)17-10(2)18/h8-9,11-12H,3-7H2,1-2H3,(H,16,19)(H,17,18)(H,20,21). The Morgan fingerprint density at radius 1 is 1.38 bits per heavy atom. The van der Waals surface area contributed by atoms with Crippen molar-refractivity contribution in [1.82, 2.24) is 10.6 Å². The molecule has 0 bridgehead atoms. The van der Waals surface area contributed by atoms with Crippen LogP contribution in [0.25, 0.3) is 0 Å². The number of nitrogens with one attached hydrogen (secondary N) is 2. The fourth-order valence-corrected chi connectivity index (χ4v) is 2.23. The molecule has 0 aromatic carbocycles. The van der Waals surface area contributed by atoms with Crippen molar-refractivity contribution in [1.29, 1.82) is 0 Å². The molecular formula is C14H23N3O4. The van der Waals surface area contributed by atoms with E-state index in [2.05, 4.69) is 15.6 Å². The van der Waals surface area contributed by atoms with Crippen LogP contribution >= 0.6 is 0 Å². The highest BCUT2D eigenvalue weighted by Crippen LogP contribution is 2.16. The Morgan fingerprint density at radius 3 is 2.62 bits per heavy atom. The number of carbonyl (C=O) groups excluding carboxylic acids is 2. The predicted octanol–water partition coefficient (Wildman–Crippen LogP) is 0.341. The second kappa shape index (κ2) is 8.39. The van der Waals surface area contributed by atoms with E-state index < -0.39 is 12.0 Å². The lowest BCUT2D eigenvalue weighted by molar-refractivity contribution is -0.141. The fourth-order valence-electron chi connectivity index (χ4n) is 2.23. The van der Waals surface area contributed by atoms with Crippen molar-refractivity contribution in [2.75, 3.05) is 6.54 Å². The van der Waals surface area contributed by atoms with Crippen LogP contribution in [0.5, 0.6) is 0 Å². The van der Waals surface area contributed by atoms with Crippen LogP contribution in [0.4, 0.5) is 0 Å². The molecule has 3 atom stereocenters. The lowest BCUT2D eigenvalue weighted by Crippen LogP contribution is -2.39. The van der Waals surface area contributed by atoms with Gasteiger partial charge in [-0.25, -0.2) is 4.79 Å². The van der Waals surface area contributed by atoms with E-state index in [-0.39, 0.29) is 23.8 Å². The summed E-state index contributed by atoms with van der Waals surface area (Å²) in [7, 11) is 0. The molecule has 21 heavy (non-hydrogen) atoms. The largest absolute Gasteiger partial charge is 0.480 e. The molecule has 1 aliphatic heterocycles. The summed E-state index contributed by atoms with van der Waals surface area (Å²) in [4.78, 5) is 37.8. The Morgan fingerprint density at radius 2 is 2.10 bits per heavy atom. The minimum Gasteiger partial charge on any atom is -0.480 e. The van der Waals surface area contributed by atoms with E-state index in [1.54, 1.807) is 6.21 Å². The van der Waals surface area contributed by atoms with Crippen LogP contribution in [0, 0.1) is 5.92 Å². The highest BCUT2D eigenvalue weighted by molar-refractivity contribution is 5.85. The van der Waals surface area contributed by atoms with Gasteiger partial charge in [0.05, 0.1) is 0 Å². The minimum absolute atomic E-state index is 0.0760. The summed E-state index contributed by atoms with van der Waals surface area (Å²) < 4.78 is 0. The summed E-state index contributed by atoms with van der Waals surface area (Å²) >= 11 is 0. The fraction of sp³-hybridized carbons (Fsp3) is 0.714. The van der Waals surface area contributed by atoms with Crippen LogP contribution in [0.3, 0.4) is 0 Å². The summed E-state index contributed by atoms with van der Waals surface area (Å²) in [6.07, 6.45) is 4.23. The van der Waals surface area contributed by atoms with E-state index in [1.807, 2.05) is 6.92 Å². The van der Waals surface area contributed by atoms with Gasteiger partial charge in [-0.15, -0.1) is 0 Å². The molecule has 7 nitrogen and oxygen atoms in total. The molecule has 3 unspecified atom stereocenters. The van der Waals surface area contributed by atoms with Gasteiger partial charge >= 0.3 is 5.97 Å². The first-order valence-electron chi connectivity index (χ1n) is 7.21. The van der Waals surface area contributed by atoms with Crippen molar-refractivity contribution in [2.45, 2.75) is 51.6 Å². The number of carboxylic acids is 1. The summed E-state index contributed by atoms with van der Waals surface area (Å²) in [5.74, 6) is -1.24. The van der Waals surface area contributed by atoms with E-state index >= 15 is 0 Å². The second-order valence-electron chi connectivity index (χ2n) is 5.37. The Balaban J connectivity index is 2.18. The summed E-state index contributed by atoms with van der Waals surface area (Å²) in [5, 5.41) is 14.1. The number of unbranched alkanes of at least 4 members (excludes halogenated alkanes) is 1. The quantitative estimate of drug-likeness (QED) is 0.561. The van der Waals surface area contributed by atoms with Gasteiger partial charge in [0.15, 0.2) is 0 Å². The lowest BCUT2D eigenvalue weighted by atomic mass is 10.0. The van der Waals surface area contributed by atoms with Crippen LogP contribution in [-0.2, 0) is 14.4 Å². The van der Waals surface area contributed by atoms with Gasteiger partial charge in [0.2, 0.25) is 11.8 Å². The first-order valence-corrected chi connectivity index (χ1v) is 7.21. The Labute approximate surface area is 124 Å². The first-order chi connectivity index (χ1) is 9.91. The zero-order chi connectivity index (χ0) is 15.8. The van der Waals surface area contributed by atoms with Gasteiger partial charge in [-0.05, 0) is 31.6 Å². The molecule has 0 aliphatic carbocycles. The van der Waals surface area contributed by atoms with Crippen molar-refractivity contribution in [3.63, 3.8) is 0 Å². The second-order valence-corrected chi connectivity index (χ2v) is 5.37. The third kappa shape index (κ3) is 5.93. The number of rotatable bonds is 8. The Bertz CT molecular complexity index is 422. The summed E-state index contributed by atoms with van der Waals surface area (Å²) in [6.45, 7) is 3.77. The van der Waals surface area contributed by atoms with Crippen LogP contribution in [0.2, 0.25) is 0 Å². The maximum Gasteiger partial charge on any atom is 0.326 e. The molecule has 118 valence electrons. The smallest absolute Gasteiger partial charge is 0.326 e. The molecule has 2 amide bonds. The number of aliphatic carboxylic acids is 1. The normalized spacial score (nSPS) is 21.8. The van der Waals surface area contributed by atoms with Crippen LogP contribution in [-0.4, -0.2) is 47.7 Å². The van der Waals surface area contributed by atoms with E-state index in [1.165, 1.54) is 6.92 Å². The van der Waals surface area contributed by atoms with Crippen molar-refractivity contribution in [2.24, 2.45) is 10.9 Å². The van der Waals surface area contributed by atoms with Crippen molar-refractivity contribution >= 4 is 24.0 Å². The average Bonchev–Trinajstić information content (AvgIpc) is 2.82. The number of hydrogen-bond donors (Lipinski definition) is 3. The third-order valence-electron chi connectivity index (χ3n) is 3.45. The molecule has 0 spiro atoms. The van der Waals surface area contributed by atoms with E-state index in [0.717, 1.165) is 6.42 Å². The van der Waals surface area contributed by atoms with Crippen molar-refractivity contribution in [3.05, 3.63) is 0 Å². The van der Waals surface area contributed by atoms with Gasteiger partial charge in [-0.2, -0.15) is 0 Å². The number of carbonyl (C=O) groups is 3. The van der Waals surface area contributed by atoms with Crippen molar-refractivity contribution < 1.29 is 19.5 Å². The molecule has 0 aromatic heterocycles. The molecule has 1 aliphatic rings. The zero-order valence-corrected chi connectivity index (χ0v) is 12.5. The molecule has 3 N–H and O–H groups in total. The minimum atomic E-state index is -1.04. The number of hydrogen-bond acceptors (Lipinski definition) is 4. The third-order valence-corrected chi connectivity index (χ3v) is 3.45. The van der Waals surface area contributed by atoms with Gasteiger partial charge in [0.1, 0.15) is 12.1 Å². The van der Waals surface area contributed by atoms with Gasteiger partial charge in [0.25, 0.3) is 0 Å². The first kappa shape index (κ1) is 17.1. The van der Waals surface area contributed by atoms with E-state index in [9.17, 15) is 14.4 Å². The summed E-state index contributed by atoms with van der Waals surface area (Å²) in [6, 6.07) is -1.16. The van der Waals surface area contributed by atoms with Gasteiger partial charge < -0.3 is 15.7 Å². The molecule has 0 radical (unpaired) electrons. The molecule has 0 saturated heterocycles. The molecular weight excluding hydrogens is 274 g/mol. The van der Waals surface area contributed by atoms with Crippen LogP contribution < -0.4 is 10.6 Å². The number of carboxylic acid groups (broad SMARTS) is 1. The van der Waals surface area contributed by atoms with Gasteiger partial charge in [0, 0.05) is 19.7 Å². The molecule has 7 heteroatoms. The SMILES string of the molecule is CC(=O)NC(CCCCNC(=O)C1N=CCC1C)C(=O)O. The van der Waals surface area contributed by atoms with Gasteiger partial charge in [-0.1, -0.05) is 6.92 Å². The lowest BCUT2D eigenvalue weighted by Gasteiger charge is -2.15. The number of nitrogens with zero attached hydrogens (tertiary/aromatic N) is 1. The van der Waals surface area contributed by atoms with E-state index in [0.29, 0.717) is 25.8 Å².